The number of hydrogen-bond acceptors (Lipinski definition) is 1. The van der Waals surface area contributed by atoms with Crippen LogP contribution in [0.15, 0.2) is 17.1 Å². The fourth-order valence-corrected chi connectivity index (χ4v) is 1.13. The van der Waals surface area contributed by atoms with Gasteiger partial charge in [0, 0.05) is 17.6 Å². The van der Waals surface area contributed by atoms with Crippen LogP contribution < -0.4 is 5.43 Å². The van der Waals surface area contributed by atoms with Crippen LogP contribution in [0, 0.1) is 5.95 Å². The Morgan fingerprint density at radius 2 is 2.40 bits per heavy atom. The molecule has 0 saturated heterocycles. The molecule has 0 amide bonds. The van der Waals surface area contributed by atoms with Crippen molar-refractivity contribution in [1.29, 1.82) is 0 Å². The van der Waals surface area contributed by atoms with E-state index in [1.54, 1.807) is 0 Å². The Morgan fingerprint density at radius 1 is 1.70 bits per heavy atom. The highest BCUT2D eigenvalue weighted by molar-refractivity contribution is 9.08. The molecule has 0 bridgehead atoms. The zero-order valence-electron chi connectivity index (χ0n) is 5.03. The molecule has 1 rings (SSSR count). The highest BCUT2D eigenvalue weighted by Crippen LogP contribution is 2.01. The van der Waals surface area contributed by atoms with Crippen molar-refractivity contribution in [1.82, 2.24) is 4.98 Å². The van der Waals surface area contributed by atoms with Gasteiger partial charge in [-0.2, -0.15) is 4.39 Å². The van der Waals surface area contributed by atoms with Crippen LogP contribution in [0.25, 0.3) is 0 Å². The minimum atomic E-state index is -0.565. The van der Waals surface area contributed by atoms with Crippen molar-refractivity contribution in [3.8, 4) is 0 Å². The normalized spacial score (nSPS) is 9.80. The minimum Gasteiger partial charge on any atom is -0.338 e. The fourth-order valence-electron chi connectivity index (χ4n) is 0.611. The summed E-state index contributed by atoms with van der Waals surface area (Å²) in [5.41, 5.74) is -0.143. The van der Waals surface area contributed by atoms with Crippen molar-refractivity contribution in [2.75, 3.05) is 0 Å². The number of nitrogens with one attached hydrogen (secondary N) is 1. The Hall–Kier alpha value is -0.640. The molecular formula is C6H5BrFNO. The highest BCUT2D eigenvalue weighted by Gasteiger charge is 2.02. The minimum absolute atomic E-state index is 0.141. The van der Waals surface area contributed by atoms with Gasteiger partial charge in [-0.15, -0.1) is 0 Å². The van der Waals surface area contributed by atoms with Crippen molar-refractivity contribution in [3.05, 3.63) is 34.0 Å². The summed E-state index contributed by atoms with van der Waals surface area (Å²) in [7, 11) is 0. The summed E-state index contributed by atoms with van der Waals surface area (Å²) in [5.74, 6) is -0.565. The second kappa shape index (κ2) is 2.96. The third kappa shape index (κ3) is 1.26. The molecule has 0 aromatic carbocycles. The van der Waals surface area contributed by atoms with E-state index >= 15 is 0 Å². The van der Waals surface area contributed by atoms with Crippen molar-refractivity contribution in [2.24, 2.45) is 0 Å². The van der Waals surface area contributed by atoms with Crippen LogP contribution in [0.4, 0.5) is 4.39 Å². The van der Waals surface area contributed by atoms with Crippen molar-refractivity contribution in [2.45, 2.75) is 5.33 Å². The zero-order valence-corrected chi connectivity index (χ0v) is 6.61. The number of aromatic amines is 1. The average Bonchev–Trinajstić information content (AvgIpc) is 1.88. The molecule has 0 aliphatic heterocycles. The molecule has 10 heavy (non-hydrogen) atoms. The second-order valence-electron chi connectivity index (χ2n) is 1.77. The van der Waals surface area contributed by atoms with Gasteiger partial charge in [-0.1, -0.05) is 15.9 Å². The summed E-state index contributed by atoms with van der Waals surface area (Å²) >= 11 is 3.00. The molecule has 0 fully saturated rings. The van der Waals surface area contributed by atoms with Crippen molar-refractivity contribution < 1.29 is 4.39 Å². The molecule has 0 radical (unpaired) electrons. The summed E-state index contributed by atoms with van der Waals surface area (Å²) in [6, 6.07) is 1.29. The lowest BCUT2D eigenvalue weighted by molar-refractivity contribution is 0.571. The first kappa shape index (κ1) is 7.47. The molecule has 1 aromatic rings. The van der Waals surface area contributed by atoms with E-state index in [0.717, 1.165) is 0 Å². The summed E-state index contributed by atoms with van der Waals surface area (Å²) in [6.45, 7) is 0. The van der Waals surface area contributed by atoms with E-state index in [1.807, 2.05) is 0 Å². The third-order valence-electron chi connectivity index (χ3n) is 1.14. The van der Waals surface area contributed by atoms with E-state index < -0.39 is 5.95 Å². The van der Waals surface area contributed by atoms with E-state index in [-0.39, 0.29) is 16.3 Å². The smallest absolute Gasteiger partial charge is 0.199 e. The van der Waals surface area contributed by atoms with E-state index in [4.69, 9.17) is 0 Å². The molecule has 1 aromatic heterocycles. The molecule has 0 spiro atoms. The lowest BCUT2D eigenvalue weighted by Gasteiger charge is -1.93. The Labute approximate surface area is 65.2 Å². The Bertz CT molecular complexity index is 283. The first-order chi connectivity index (χ1) is 4.75. The van der Waals surface area contributed by atoms with Crippen LogP contribution >= 0.6 is 15.9 Å². The van der Waals surface area contributed by atoms with E-state index in [9.17, 15) is 9.18 Å². The Kier molecular flexibility index (Phi) is 2.21. The first-order valence-electron chi connectivity index (χ1n) is 2.67. The van der Waals surface area contributed by atoms with Crippen LogP contribution in [0.5, 0.6) is 0 Å². The van der Waals surface area contributed by atoms with E-state index in [1.165, 1.54) is 12.3 Å². The lowest BCUT2D eigenvalue weighted by atomic mass is 10.3. The predicted molar refractivity (Wildman–Crippen MR) is 39.7 cm³/mol. The second-order valence-corrected chi connectivity index (χ2v) is 2.33. The zero-order chi connectivity index (χ0) is 7.56. The van der Waals surface area contributed by atoms with Gasteiger partial charge >= 0.3 is 0 Å². The number of halogens is 2. The fraction of sp³-hybridized carbons (Fsp3) is 0.167. The summed E-state index contributed by atoms with van der Waals surface area (Å²) in [5, 5.41) is 0.245. The molecule has 54 valence electrons. The standard InChI is InChI=1S/C6H5BrFNO/c7-3-4-5(10)1-2-9-6(4)8/h1-2H,3H2,(H,9,10). The monoisotopic (exact) mass is 205 g/mol. The Balaban J connectivity index is 3.31. The molecular weight excluding hydrogens is 201 g/mol. The maximum atomic E-state index is 12.6. The predicted octanol–water partition coefficient (Wildman–Crippen LogP) is 1.41. The molecule has 0 aliphatic rings. The van der Waals surface area contributed by atoms with Gasteiger partial charge < -0.3 is 4.98 Å². The molecule has 2 nitrogen and oxygen atoms in total. The third-order valence-corrected chi connectivity index (χ3v) is 1.70. The molecule has 0 aliphatic carbocycles. The molecule has 0 saturated carbocycles. The van der Waals surface area contributed by atoms with Gasteiger partial charge in [0.05, 0.1) is 5.56 Å². The molecule has 1 N–H and O–H groups in total. The van der Waals surface area contributed by atoms with Gasteiger partial charge in [0.1, 0.15) is 0 Å². The lowest BCUT2D eigenvalue weighted by Crippen LogP contribution is -2.08. The molecule has 0 unspecified atom stereocenters. The summed E-state index contributed by atoms with van der Waals surface area (Å²) in [4.78, 5) is 13.1. The Morgan fingerprint density at radius 3 is 2.80 bits per heavy atom. The molecule has 1 heterocycles. The average molecular weight is 206 g/mol. The maximum absolute atomic E-state index is 12.6. The SMILES string of the molecule is O=c1cc[nH]c(F)c1CBr. The van der Waals surface area contributed by atoms with Gasteiger partial charge in [-0.25, -0.2) is 0 Å². The number of alkyl halides is 1. The largest absolute Gasteiger partial charge is 0.338 e. The van der Waals surface area contributed by atoms with Gasteiger partial charge in [0.15, 0.2) is 11.4 Å². The van der Waals surface area contributed by atoms with Gasteiger partial charge in [-0.3, -0.25) is 4.79 Å². The van der Waals surface area contributed by atoms with Gasteiger partial charge in [0.2, 0.25) is 0 Å². The molecule has 0 atom stereocenters. The molecule has 4 heteroatoms. The number of rotatable bonds is 1. The number of hydrogen-bond donors (Lipinski definition) is 1. The number of pyridine rings is 1. The highest BCUT2D eigenvalue weighted by atomic mass is 79.9. The van der Waals surface area contributed by atoms with Crippen LogP contribution in [-0.2, 0) is 5.33 Å². The van der Waals surface area contributed by atoms with E-state index in [2.05, 4.69) is 20.9 Å². The van der Waals surface area contributed by atoms with Crippen LogP contribution in [0.3, 0.4) is 0 Å². The van der Waals surface area contributed by atoms with Crippen LogP contribution in [-0.4, -0.2) is 4.98 Å². The van der Waals surface area contributed by atoms with Crippen LogP contribution in [0.1, 0.15) is 5.56 Å². The number of H-pyrrole nitrogens is 1. The summed E-state index contributed by atoms with van der Waals surface area (Å²) in [6.07, 6.45) is 1.28. The first-order valence-corrected chi connectivity index (χ1v) is 3.80. The van der Waals surface area contributed by atoms with Gasteiger partial charge in [-0.05, 0) is 0 Å². The van der Waals surface area contributed by atoms with E-state index in [0.29, 0.717) is 0 Å². The van der Waals surface area contributed by atoms with Crippen molar-refractivity contribution >= 4 is 15.9 Å². The topological polar surface area (TPSA) is 32.9 Å². The summed E-state index contributed by atoms with van der Waals surface area (Å²) < 4.78 is 12.6. The maximum Gasteiger partial charge on any atom is 0.199 e. The number of aromatic nitrogens is 1. The van der Waals surface area contributed by atoms with Crippen molar-refractivity contribution in [3.63, 3.8) is 0 Å². The van der Waals surface area contributed by atoms with Gasteiger partial charge in [0.25, 0.3) is 0 Å². The quantitative estimate of drug-likeness (QED) is 0.546. The van der Waals surface area contributed by atoms with Crippen LogP contribution in [0.2, 0.25) is 0 Å².